The summed E-state index contributed by atoms with van der Waals surface area (Å²) in [7, 11) is 0. The second-order valence-corrected chi connectivity index (χ2v) is 10.1. The number of esters is 2. The van der Waals surface area contributed by atoms with Crippen LogP contribution in [0, 0.1) is 22.7 Å². The van der Waals surface area contributed by atoms with Crippen LogP contribution in [0.2, 0.25) is 0 Å². The highest BCUT2D eigenvalue weighted by atomic mass is 16.5. The van der Waals surface area contributed by atoms with E-state index in [4.69, 9.17) is 9.47 Å². The summed E-state index contributed by atoms with van der Waals surface area (Å²) in [6.07, 6.45) is 2.30. The molecule has 3 aliphatic carbocycles. The maximum atomic E-state index is 13.7. The number of hydrogen-bond donors (Lipinski definition) is 0. The number of Topliss-reactive ketones (excluding diaryl/α,β-unsaturated/α-hetero) is 2. The van der Waals surface area contributed by atoms with Crippen LogP contribution in [0.4, 0.5) is 0 Å². The summed E-state index contributed by atoms with van der Waals surface area (Å²) in [5.74, 6) is -2.17. The molecular formula is C24H32O6. The average molecular weight is 417 g/mol. The number of rotatable bonds is 3. The smallest absolute Gasteiger partial charge is 0.308 e. The first-order valence-electron chi connectivity index (χ1n) is 10.7. The number of carbonyl (C=O) groups is 4. The van der Waals surface area contributed by atoms with Crippen LogP contribution in [0.25, 0.3) is 0 Å². The molecule has 0 spiro atoms. The highest BCUT2D eigenvalue weighted by Crippen LogP contribution is 2.61. The fourth-order valence-corrected chi connectivity index (χ4v) is 6.24. The molecule has 30 heavy (non-hydrogen) atoms. The molecule has 0 saturated heterocycles. The number of ketones is 2. The third-order valence-corrected chi connectivity index (χ3v) is 7.03. The molecule has 0 aromatic carbocycles. The summed E-state index contributed by atoms with van der Waals surface area (Å²) in [4.78, 5) is 50.9. The van der Waals surface area contributed by atoms with Crippen LogP contribution in [-0.2, 0) is 28.7 Å². The number of carbonyl (C=O) groups excluding carboxylic acids is 4. The summed E-state index contributed by atoms with van der Waals surface area (Å²) in [6, 6.07) is 0. The molecule has 0 amide bonds. The van der Waals surface area contributed by atoms with Gasteiger partial charge in [-0.1, -0.05) is 41.0 Å². The third kappa shape index (κ3) is 3.44. The molecule has 0 bridgehead atoms. The van der Waals surface area contributed by atoms with Crippen molar-refractivity contribution in [2.45, 2.75) is 80.3 Å². The van der Waals surface area contributed by atoms with Crippen molar-refractivity contribution >= 4 is 23.5 Å². The number of hydrogen-bond acceptors (Lipinski definition) is 6. The molecule has 0 aliphatic heterocycles. The number of fused-ring (bicyclic) bond motifs is 2. The van der Waals surface area contributed by atoms with Crippen LogP contribution < -0.4 is 0 Å². The first-order chi connectivity index (χ1) is 13.8. The molecule has 6 heteroatoms. The Hall–Kier alpha value is -2.24. The minimum absolute atomic E-state index is 0.114. The van der Waals surface area contributed by atoms with Gasteiger partial charge in [-0.2, -0.15) is 0 Å². The van der Waals surface area contributed by atoms with Gasteiger partial charge in [-0.25, -0.2) is 0 Å². The number of allylic oxidation sites excluding steroid dienone is 2. The van der Waals surface area contributed by atoms with Crippen LogP contribution in [0.3, 0.4) is 0 Å². The molecule has 0 N–H and O–H groups in total. The summed E-state index contributed by atoms with van der Waals surface area (Å²) >= 11 is 0. The molecule has 0 aromatic heterocycles. The van der Waals surface area contributed by atoms with Gasteiger partial charge in [0.25, 0.3) is 0 Å². The Kier molecular flexibility index (Phi) is 5.59. The van der Waals surface area contributed by atoms with E-state index in [1.54, 1.807) is 13.8 Å². The van der Waals surface area contributed by atoms with E-state index in [9.17, 15) is 19.2 Å². The summed E-state index contributed by atoms with van der Waals surface area (Å²) in [5, 5.41) is 0. The Morgan fingerprint density at radius 3 is 2.17 bits per heavy atom. The topological polar surface area (TPSA) is 86.7 Å². The predicted molar refractivity (Wildman–Crippen MR) is 110 cm³/mol. The average Bonchev–Trinajstić information content (AvgIpc) is 2.56. The molecule has 164 valence electrons. The van der Waals surface area contributed by atoms with Crippen molar-refractivity contribution in [3.05, 3.63) is 22.5 Å². The Morgan fingerprint density at radius 2 is 1.63 bits per heavy atom. The van der Waals surface area contributed by atoms with Crippen LogP contribution in [0.5, 0.6) is 0 Å². The van der Waals surface area contributed by atoms with E-state index in [1.165, 1.54) is 13.8 Å². The second-order valence-electron chi connectivity index (χ2n) is 10.1. The molecule has 0 radical (unpaired) electrons. The van der Waals surface area contributed by atoms with Gasteiger partial charge in [-0.3, -0.25) is 19.2 Å². The summed E-state index contributed by atoms with van der Waals surface area (Å²) in [5.41, 5.74) is 0.276. The quantitative estimate of drug-likeness (QED) is 0.509. The molecule has 1 fully saturated rings. The van der Waals surface area contributed by atoms with Gasteiger partial charge in [-0.05, 0) is 24.2 Å². The lowest BCUT2D eigenvalue weighted by molar-refractivity contribution is -0.162. The molecule has 6 nitrogen and oxygen atoms in total. The summed E-state index contributed by atoms with van der Waals surface area (Å²) < 4.78 is 11.1. The highest BCUT2D eigenvalue weighted by Gasteiger charge is 2.60. The van der Waals surface area contributed by atoms with Gasteiger partial charge in [0, 0.05) is 48.3 Å². The van der Waals surface area contributed by atoms with Gasteiger partial charge in [0.15, 0.2) is 11.5 Å². The highest BCUT2D eigenvalue weighted by molar-refractivity contribution is 6.25. The zero-order chi connectivity index (χ0) is 22.6. The van der Waals surface area contributed by atoms with Gasteiger partial charge < -0.3 is 9.47 Å². The Labute approximate surface area is 178 Å². The Bertz CT molecular complexity index is 887. The van der Waals surface area contributed by atoms with E-state index in [0.717, 1.165) is 12.8 Å². The van der Waals surface area contributed by atoms with Gasteiger partial charge in [0.05, 0.1) is 0 Å². The van der Waals surface area contributed by atoms with E-state index in [2.05, 4.69) is 13.8 Å². The molecule has 0 heterocycles. The molecule has 3 rings (SSSR count). The SMILES string of the molecule is CC(=O)OC1=C(C(C)C)C(=O)C2=C(C1=O)[C@@]1(C)CCCC(C)(C)[C@@H]1[C@@H](OC(C)=O)C2. The lowest BCUT2D eigenvalue weighted by Gasteiger charge is -2.57. The van der Waals surface area contributed by atoms with Gasteiger partial charge in [0.2, 0.25) is 5.78 Å². The molecule has 0 unspecified atom stereocenters. The molecule has 3 atom stereocenters. The van der Waals surface area contributed by atoms with Crippen molar-refractivity contribution < 1.29 is 28.7 Å². The van der Waals surface area contributed by atoms with Crippen molar-refractivity contribution in [3.63, 3.8) is 0 Å². The summed E-state index contributed by atoms with van der Waals surface area (Å²) in [6.45, 7) is 12.5. The second kappa shape index (κ2) is 7.47. The zero-order valence-corrected chi connectivity index (χ0v) is 19.0. The first kappa shape index (κ1) is 22.4. The monoisotopic (exact) mass is 416 g/mol. The molecular weight excluding hydrogens is 384 g/mol. The molecule has 0 aromatic rings. The Morgan fingerprint density at radius 1 is 1.00 bits per heavy atom. The minimum Gasteiger partial charge on any atom is -0.462 e. The van der Waals surface area contributed by atoms with E-state index in [1.807, 2.05) is 6.92 Å². The third-order valence-electron chi connectivity index (χ3n) is 7.03. The fourth-order valence-electron chi connectivity index (χ4n) is 6.24. The predicted octanol–water partition coefficient (Wildman–Crippen LogP) is 4.08. The first-order valence-corrected chi connectivity index (χ1v) is 10.7. The Balaban J connectivity index is 2.23. The van der Waals surface area contributed by atoms with Crippen LogP contribution in [0.1, 0.15) is 74.1 Å². The van der Waals surface area contributed by atoms with E-state index < -0.39 is 17.5 Å². The minimum atomic E-state index is -0.643. The maximum absolute atomic E-state index is 13.7. The van der Waals surface area contributed by atoms with Crippen LogP contribution in [0.15, 0.2) is 22.5 Å². The lowest BCUT2D eigenvalue weighted by Crippen LogP contribution is -2.56. The van der Waals surface area contributed by atoms with Gasteiger partial charge in [-0.15, -0.1) is 0 Å². The maximum Gasteiger partial charge on any atom is 0.308 e. The van der Waals surface area contributed by atoms with Crippen molar-refractivity contribution in [1.82, 2.24) is 0 Å². The normalized spacial score (nSPS) is 30.8. The van der Waals surface area contributed by atoms with Crippen molar-refractivity contribution in [2.24, 2.45) is 22.7 Å². The van der Waals surface area contributed by atoms with Gasteiger partial charge >= 0.3 is 11.9 Å². The number of ether oxygens (including phenoxy) is 2. The van der Waals surface area contributed by atoms with E-state index in [0.29, 0.717) is 17.6 Å². The molecule has 3 aliphatic rings. The fraction of sp³-hybridized carbons (Fsp3) is 0.667. The van der Waals surface area contributed by atoms with Crippen molar-refractivity contribution in [2.75, 3.05) is 0 Å². The zero-order valence-electron chi connectivity index (χ0n) is 19.0. The van der Waals surface area contributed by atoms with Crippen LogP contribution in [-0.4, -0.2) is 29.6 Å². The van der Waals surface area contributed by atoms with Crippen molar-refractivity contribution in [3.8, 4) is 0 Å². The van der Waals surface area contributed by atoms with Crippen molar-refractivity contribution in [1.29, 1.82) is 0 Å². The lowest BCUT2D eigenvalue weighted by atomic mass is 9.48. The van der Waals surface area contributed by atoms with E-state index in [-0.39, 0.29) is 52.5 Å². The molecule has 1 saturated carbocycles. The van der Waals surface area contributed by atoms with Crippen LogP contribution >= 0.6 is 0 Å². The standard InChI is InChI=1S/C24H32O6/c1-12(2)17-19(27)15-11-16(29-13(3)25)22-23(5,6)9-8-10-24(22,7)18(15)20(28)21(17)30-14(4)26/h12,16,22H,8-11H2,1-7H3/t16-,22-,24+/m0/s1. The largest absolute Gasteiger partial charge is 0.462 e. The van der Waals surface area contributed by atoms with E-state index >= 15 is 0 Å². The van der Waals surface area contributed by atoms with Gasteiger partial charge in [0.1, 0.15) is 6.10 Å².